The number of aryl methyl sites for hydroxylation is 1. The molecule has 0 heterocycles. The summed E-state index contributed by atoms with van der Waals surface area (Å²) in [5.74, 6) is 0.908. The molecule has 0 N–H and O–H groups in total. The molecule has 0 aliphatic heterocycles. The Hall–Kier alpha value is -0.500. The van der Waals surface area contributed by atoms with E-state index in [1.165, 1.54) is 11.0 Å². The molecule has 0 atom stereocenters. The van der Waals surface area contributed by atoms with Gasteiger partial charge in [-0.25, -0.2) is 4.39 Å². The van der Waals surface area contributed by atoms with E-state index in [2.05, 4.69) is 13.8 Å². The van der Waals surface area contributed by atoms with Crippen LogP contribution in [0, 0.1) is 5.82 Å². The largest absolute Gasteiger partial charge is 0.207 e. The quantitative estimate of drug-likeness (QED) is 0.648. The maximum absolute atomic E-state index is 12.8. The number of benzene rings is 1. The highest BCUT2D eigenvalue weighted by Crippen LogP contribution is 2.23. The molecule has 0 saturated carbocycles. The third-order valence-electron chi connectivity index (χ3n) is 1.70. The van der Waals surface area contributed by atoms with Gasteiger partial charge in [0.1, 0.15) is 5.82 Å². The molecule has 0 fully saturated rings. The van der Waals surface area contributed by atoms with Crippen molar-refractivity contribution in [1.82, 2.24) is 0 Å². The lowest BCUT2D eigenvalue weighted by molar-refractivity contribution is 0.624. The fourth-order valence-corrected chi connectivity index (χ4v) is 1.98. The van der Waals surface area contributed by atoms with E-state index in [0.717, 1.165) is 17.7 Å². The Kier molecular flexibility index (Phi) is 3.60. The topological polar surface area (TPSA) is 0 Å². The minimum Gasteiger partial charge on any atom is -0.207 e. The summed E-state index contributed by atoms with van der Waals surface area (Å²) in [6.45, 7) is 4.15. The monoisotopic (exact) mass is 184 g/mol. The summed E-state index contributed by atoms with van der Waals surface area (Å²) < 4.78 is 12.8. The molecule has 0 aliphatic rings. The van der Waals surface area contributed by atoms with E-state index in [1.54, 1.807) is 17.8 Å². The molecule has 2 heteroatoms. The van der Waals surface area contributed by atoms with Crippen LogP contribution >= 0.6 is 11.8 Å². The Labute approximate surface area is 77.2 Å². The molecule has 0 radical (unpaired) electrons. The molecule has 66 valence electrons. The maximum Gasteiger partial charge on any atom is 0.123 e. The second-order valence-electron chi connectivity index (χ2n) is 2.54. The first-order valence-electron chi connectivity index (χ1n) is 4.19. The summed E-state index contributed by atoms with van der Waals surface area (Å²) in [7, 11) is 0. The molecule has 0 spiro atoms. The first kappa shape index (κ1) is 9.59. The smallest absolute Gasteiger partial charge is 0.123 e. The van der Waals surface area contributed by atoms with Crippen LogP contribution in [0.5, 0.6) is 0 Å². The van der Waals surface area contributed by atoms with Gasteiger partial charge >= 0.3 is 0 Å². The number of thioether (sulfide) groups is 1. The average Bonchev–Trinajstić information content (AvgIpc) is 2.08. The summed E-state index contributed by atoms with van der Waals surface area (Å²) in [6, 6.07) is 5.01. The van der Waals surface area contributed by atoms with Crippen LogP contribution < -0.4 is 0 Å². The van der Waals surface area contributed by atoms with Crippen molar-refractivity contribution in [2.45, 2.75) is 25.2 Å². The predicted molar refractivity (Wildman–Crippen MR) is 52.2 cm³/mol. The summed E-state index contributed by atoms with van der Waals surface area (Å²) in [5.41, 5.74) is 1.11. The average molecular weight is 184 g/mol. The van der Waals surface area contributed by atoms with Gasteiger partial charge in [0.2, 0.25) is 0 Å². The summed E-state index contributed by atoms with van der Waals surface area (Å²) in [4.78, 5) is 1.21. The van der Waals surface area contributed by atoms with Gasteiger partial charge in [-0.15, -0.1) is 11.8 Å². The minimum absolute atomic E-state index is 0.132. The van der Waals surface area contributed by atoms with Gasteiger partial charge in [-0.1, -0.05) is 13.8 Å². The molecule has 12 heavy (non-hydrogen) atoms. The van der Waals surface area contributed by atoms with Crippen molar-refractivity contribution in [2.24, 2.45) is 0 Å². The lowest BCUT2D eigenvalue weighted by atomic mass is 10.2. The lowest BCUT2D eigenvalue weighted by Gasteiger charge is -2.05. The van der Waals surface area contributed by atoms with Crippen molar-refractivity contribution in [3.8, 4) is 0 Å². The summed E-state index contributed by atoms with van der Waals surface area (Å²) in [6.07, 6.45) is 0.903. The predicted octanol–water partition coefficient (Wildman–Crippen LogP) is 3.50. The number of hydrogen-bond donors (Lipinski definition) is 0. The van der Waals surface area contributed by atoms with Gasteiger partial charge in [0.25, 0.3) is 0 Å². The van der Waals surface area contributed by atoms with Gasteiger partial charge in [-0.05, 0) is 35.9 Å². The van der Waals surface area contributed by atoms with Gasteiger partial charge in [-0.2, -0.15) is 0 Å². The highest BCUT2D eigenvalue weighted by molar-refractivity contribution is 7.99. The Balaban J connectivity index is 2.94. The van der Waals surface area contributed by atoms with E-state index in [4.69, 9.17) is 0 Å². The molecule has 1 aromatic carbocycles. The second kappa shape index (κ2) is 4.51. The van der Waals surface area contributed by atoms with Crippen molar-refractivity contribution in [1.29, 1.82) is 0 Å². The molecule has 0 saturated heterocycles. The highest BCUT2D eigenvalue weighted by atomic mass is 32.2. The zero-order valence-electron chi connectivity index (χ0n) is 7.43. The van der Waals surface area contributed by atoms with Gasteiger partial charge < -0.3 is 0 Å². The SMILES string of the molecule is CCSc1ccc(F)cc1CC. The van der Waals surface area contributed by atoms with E-state index < -0.39 is 0 Å². The Bertz CT molecular complexity index is 258. The number of halogens is 1. The minimum atomic E-state index is -0.132. The van der Waals surface area contributed by atoms with Crippen molar-refractivity contribution in [3.05, 3.63) is 29.6 Å². The van der Waals surface area contributed by atoms with E-state index in [-0.39, 0.29) is 5.82 Å². The summed E-state index contributed by atoms with van der Waals surface area (Å²) in [5, 5.41) is 0. The molecular weight excluding hydrogens is 171 g/mol. The van der Waals surface area contributed by atoms with E-state index >= 15 is 0 Å². The van der Waals surface area contributed by atoms with Crippen LogP contribution in [-0.4, -0.2) is 5.75 Å². The normalized spacial score (nSPS) is 10.2. The van der Waals surface area contributed by atoms with Crippen LogP contribution in [0.15, 0.2) is 23.1 Å². The maximum atomic E-state index is 12.8. The number of rotatable bonds is 3. The van der Waals surface area contributed by atoms with Crippen LogP contribution in [0.3, 0.4) is 0 Å². The van der Waals surface area contributed by atoms with Crippen molar-refractivity contribution in [2.75, 3.05) is 5.75 Å². The molecule has 0 nitrogen and oxygen atoms in total. The van der Waals surface area contributed by atoms with Crippen LogP contribution in [0.4, 0.5) is 4.39 Å². The van der Waals surface area contributed by atoms with Gasteiger partial charge in [0.15, 0.2) is 0 Å². The molecule has 1 aromatic rings. The molecule has 1 rings (SSSR count). The van der Waals surface area contributed by atoms with Gasteiger partial charge in [0, 0.05) is 4.90 Å². The number of hydrogen-bond acceptors (Lipinski definition) is 1. The molecular formula is C10H13FS. The lowest BCUT2D eigenvalue weighted by Crippen LogP contribution is -1.87. The van der Waals surface area contributed by atoms with Crippen molar-refractivity contribution >= 4 is 11.8 Å². The Morgan fingerprint density at radius 3 is 2.67 bits per heavy atom. The zero-order chi connectivity index (χ0) is 8.97. The molecule has 0 unspecified atom stereocenters. The van der Waals surface area contributed by atoms with E-state index in [1.807, 2.05) is 6.07 Å². The molecule has 0 aromatic heterocycles. The molecule has 0 aliphatic carbocycles. The second-order valence-corrected chi connectivity index (χ2v) is 3.84. The fraction of sp³-hybridized carbons (Fsp3) is 0.400. The standard InChI is InChI=1S/C10H13FS/c1-3-8-7-9(11)5-6-10(8)12-4-2/h5-7H,3-4H2,1-2H3. The third-order valence-corrected chi connectivity index (χ3v) is 2.70. The van der Waals surface area contributed by atoms with Gasteiger partial charge in [0.05, 0.1) is 0 Å². The summed E-state index contributed by atoms with van der Waals surface area (Å²) >= 11 is 1.77. The Morgan fingerprint density at radius 2 is 2.08 bits per heavy atom. The third kappa shape index (κ3) is 2.24. The van der Waals surface area contributed by atoms with Crippen LogP contribution in [0.25, 0.3) is 0 Å². The first-order valence-corrected chi connectivity index (χ1v) is 5.17. The van der Waals surface area contributed by atoms with Crippen molar-refractivity contribution < 1.29 is 4.39 Å². The van der Waals surface area contributed by atoms with Gasteiger partial charge in [-0.3, -0.25) is 0 Å². The van der Waals surface area contributed by atoms with Crippen LogP contribution in [0.2, 0.25) is 0 Å². The zero-order valence-corrected chi connectivity index (χ0v) is 8.25. The fourth-order valence-electron chi connectivity index (χ4n) is 1.12. The van der Waals surface area contributed by atoms with E-state index in [0.29, 0.717) is 0 Å². The van der Waals surface area contributed by atoms with Crippen LogP contribution in [0.1, 0.15) is 19.4 Å². The molecule has 0 amide bonds. The van der Waals surface area contributed by atoms with E-state index in [9.17, 15) is 4.39 Å². The van der Waals surface area contributed by atoms with Crippen molar-refractivity contribution in [3.63, 3.8) is 0 Å². The molecule has 0 bridgehead atoms. The Morgan fingerprint density at radius 1 is 1.33 bits per heavy atom. The van der Waals surface area contributed by atoms with Crippen LogP contribution in [-0.2, 0) is 6.42 Å². The highest BCUT2D eigenvalue weighted by Gasteiger charge is 2.01. The first-order chi connectivity index (χ1) is 5.77.